The van der Waals surface area contributed by atoms with Gasteiger partial charge in [-0.25, -0.2) is 4.79 Å². The smallest absolute Gasteiger partial charge is 0.434 e. The standard InChI is InChI=1S/C19H18F6N2O4S/c20-18(21,22)16(19(23,24)25)31-17(28)26-9-8-12(10-26)11-27(32(29)30)15-7-3-5-13-4-1-2-6-14(13)15/h1-7,12,16H,8-11H2,(H,29,30)/p-1. The number of alkyl halides is 6. The Balaban J connectivity index is 1.71. The largest absolute Gasteiger partial charge is 0.755 e. The van der Waals surface area contributed by atoms with E-state index in [2.05, 4.69) is 4.74 Å². The number of benzene rings is 2. The molecule has 3 rings (SSSR count). The van der Waals surface area contributed by atoms with E-state index in [-0.39, 0.29) is 26.1 Å². The molecule has 32 heavy (non-hydrogen) atoms. The molecule has 0 aromatic heterocycles. The molecular formula is C19H17F6N2O4S-. The minimum absolute atomic E-state index is 0.115. The van der Waals surface area contributed by atoms with E-state index < -0.39 is 41.7 Å². The summed E-state index contributed by atoms with van der Waals surface area (Å²) in [5.74, 6) is -0.519. The number of nitrogens with zero attached hydrogens (tertiary/aromatic N) is 2. The van der Waals surface area contributed by atoms with E-state index in [1.807, 2.05) is 0 Å². The number of likely N-dealkylation sites (tertiary alicyclic amines) is 1. The summed E-state index contributed by atoms with van der Waals surface area (Å²) in [7, 11) is 0. The molecule has 6 nitrogen and oxygen atoms in total. The fourth-order valence-corrected chi connectivity index (χ4v) is 4.19. The van der Waals surface area contributed by atoms with Crippen LogP contribution in [0.2, 0.25) is 0 Å². The molecule has 0 aliphatic carbocycles. The third kappa shape index (κ3) is 5.44. The highest BCUT2D eigenvalue weighted by molar-refractivity contribution is 7.80. The van der Waals surface area contributed by atoms with Crippen molar-refractivity contribution in [3.63, 3.8) is 0 Å². The number of hydrogen-bond donors (Lipinski definition) is 0. The van der Waals surface area contributed by atoms with Crippen molar-refractivity contribution in [3.05, 3.63) is 42.5 Å². The number of ether oxygens (including phenoxy) is 1. The summed E-state index contributed by atoms with van der Waals surface area (Å²) < 4.78 is 104. The van der Waals surface area contributed by atoms with E-state index in [9.17, 15) is 39.9 Å². The Labute approximate surface area is 181 Å². The molecule has 1 aliphatic heterocycles. The van der Waals surface area contributed by atoms with E-state index in [0.717, 1.165) is 9.69 Å². The van der Waals surface area contributed by atoms with Gasteiger partial charge < -0.3 is 18.5 Å². The summed E-state index contributed by atoms with van der Waals surface area (Å²) in [6.45, 7) is -0.531. The number of carbonyl (C=O) groups is 1. The van der Waals surface area contributed by atoms with Crippen molar-refractivity contribution in [1.29, 1.82) is 0 Å². The molecule has 0 spiro atoms. The zero-order valence-corrected chi connectivity index (χ0v) is 17.0. The van der Waals surface area contributed by atoms with Crippen molar-refractivity contribution in [2.45, 2.75) is 24.9 Å². The Morgan fingerprint density at radius 1 is 1.12 bits per heavy atom. The predicted octanol–water partition coefficient (Wildman–Crippen LogP) is 4.39. The predicted molar refractivity (Wildman–Crippen MR) is 102 cm³/mol. The lowest BCUT2D eigenvalue weighted by molar-refractivity contribution is -0.308. The molecule has 0 radical (unpaired) electrons. The number of amides is 1. The number of fused-ring (bicyclic) bond motifs is 1. The fourth-order valence-electron chi connectivity index (χ4n) is 3.54. The molecule has 1 aliphatic rings. The summed E-state index contributed by atoms with van der Waals surface area (Å²) in [4.78, 5) is 12.6. The van der Waals surface area contributed by atoms with Crippen molar-refractivity contribution >= 4 is 33.8 Å². The lowest BCUT2D eigenvalue weighted by atomic mass is 10.1. The van der Waals surface area contributed by atoms with Gasteiger partial charge >= 0.3 is 18.4 Å². The number of carbonyl (C=O) groups excluding carboxylic acids is 1. The van der Waals surface area contributed by atoms with Crippen LogP contribution in [0.25, 0.3) is 10.8 Å². The van der Waals surface area contributed by atoms with E-state index in [4.69, 9.17) is 0 Å². The molecule has 2 aromatic rings. The third-order valence-corrected chi connectivity index (χ3v) is 5.70. The fraction of sp³-hybridized carbons (Fsp3) is 0.421. The van der Waals surface area contributed by atoms with Gasteiger partial charge in [-0.15, -0.1) is 0 Å². The highest BCUT2D eigenvalue weighted by atomic mass is 32.2. The second-order valence-electron chi connectivity index (χ2n) is 7.22. The summed E-state index contributed by atoms with van der Waals surface area (Å²) in [5, 5.41) is 1.43. The van der Waals surface area contributed by atoms with Crippen molar-refractivity contribution in [3.8, 4) is 0 Å². The minimum Gasteiger partial charge on any atom is -0.755 e. The van der Waals surface area contributed by atoms with E-state index in [0.29, 0.717) is 16.0 Å². The topological polar surface area (TPSA) is 72.9 Å². The number of hydrogen-bond acceptors (Lipinski definition) is 4. The molecule has 13 heteroatoms. The quantitative estimate of drug-likeness (QED) is 0.467. The molecule has 0 saturated carbocycles. The van der Waals surface area contributed by atoms with Gasteiger partial charge in [-0.1, -0.05) is 36.4 Å². The van der Waals surface area contributed by atoms with Crippen LogP contribution in [-0.2, 0) is 16.0 Å². The van der Waals surface area contributed by atoms with E-state index in [1.165, 1.54) is 0 Å². The first-order chi connectivity index (χ1) is 14.9. The van der Waals surface area contributed by atoms with Crippen molar-refractivity contribution < 1.29 is 44.6 Å². The maximum Gasteiger partial charge on any atom is 0.434 e. The average molecular weight is 483 g/mol. The van der Waals surface area contributed by atoms with Gasteiger partial charge in [0.15, 0.2) is 0 Å². The lowest BCUT2D eigenvalue weighted by Gasteiger charge is -2.30. The molecule has 1 saturated heterocycles. The summed E-state index contributed by atoms with van der Waals surface area (Å²) in [5.41, 5.74) is 0.367. The average Bonchev–Trinajstić information content (AvgIpc) is 3.16. The van der Waals surface area contributed by atoms with Crippen molar-refractivity contribution in [2.24, 2.45) is 5.92 Å². The van der Waals surface area contributed by atoms with Gasteiger partial charge in [0, 0.05) is 36.3 Å². The monoisotopic (exact) mass is 483 g/mol. The Kier molecular flexibility index (Phi) is 6.89. The van der Waals surface area contributed by atoms with Gasteiger partial charge in [-0.3, -0.25) is 4.21 Å². The van der Waals surface area contributed by atoms with Crippen LogP contribution >= 0.6 is 0 Å². The van der Waals surface area contributed by atoms with Gasteiger partial charge in [0.1, 0.15) is 0 Å². The summed E-state index contributed by atoms with van der Waals surface area (Å²) in [6.07, 6.45) is -17.4. The van der Waals surface area contributed by atoms with Gasteiger partial charge in [-0.05, 0) is 23.8 Å². The number of halogens is 6. The van der Waals surface area contributed by atoms with E-state index in [1.54, 1.807) is 42.5 Å². The Bertz CT molecular complexity index is 980. The normalized spacial score (nSPS) is 18.2. The molecule has 0 N–H and O–H groups in total. The molecule has 2 aromatic carbocycles. The Morgan fingerprint density at radius 3 is 2.38 bits per heavy atom. The summed E-state index contributed by atoms with van der Waals surface area (Å²) >= 11 is -2.71. The molecule has 1 heterocycles. The molecule has 0 bridgehead atoms. The van der Waals surface area contributed by atoms with Crippen LogP contribution in [0.4, 0.5) is 36.8 Å². The highest BCUT2D eigenvalue weighted by Crippen LogP contribution is 2.36. The van der Waals surface area contributed by atoms with E-state index >= 15 is 0 Å². The SMILES string of the molecule is O=C(OC(C(F)(F)F)C(F)(F)F)N1CCC(CN(c2cccc3ccccc23)S(=O)[O-])C1. The van der Waals surface area contributed by atoms with Gasteiger partial charge in [0.05, 0.1) is 5.69 Å². The first kappa shape index (κ1) is 24.1. The van der Waals surface area contributed by atoms with Crippen LogP contribution < -0.4 is 4.31 Å². The zero-order chi connectivity index (χ0) is 23.7. The van der Waals surface area contributed by atoms with Crippen LogP contribution in [0.3, 0.4) is 0 Å². The molecule has 176 valence electrons. The first-order valence-electron chi connectivity index (χ1n) is 9.31. The second kappa shape index (κ2) is 9.14. The maximum absolute atomic E-state index is 12.6. The lowest BCUT2D eigenvalue weighted by Crippen LogP contribution is -2.48. The molecule has 1 fully saturated rings. The van der Waals surface area contributed by atoms with Gasteiger partial charge in [0.25, 0.3) is 6.10 Å². The number of rotatable bonds is 5. The van der Waals surface area contributed by atoms with Crippen molar-refractivity contribution in [1.82, 2.24) is 4.90 Å². The molecule has 1 amide bonds. The molecule has 2 atom stereocenters. The van der Waals surface area contributed by atoms with Crippen LogP contribution in [0.1, 0.15) is 6.42 Å². The van der Waals surface area contributed by atoms with Crippen molar-refractivity contribution in [2.75, 3.05) is 23.9 Å². The van der Waals surface area contributed by atoms with Crippen LogP contribution in [0, 0.1) is 5.92 Å². The highest BCUT2D eigenvalue weighted by Gasteiger charge is 2.60. The van der Waals surface area contributed by atoms with Crippen LogP contribution in [-0.4, -0.2) is 57.8 Å². The summed E-state index contributed by atoms with van der Waals surface area (Å²) in [6, 6.07) is 12.0. The first-order valence-corrected chi connectivity index (χ1v) is 10.3. The third-order valence-electron chi connectivity index (χ3n) is 5.00. The molecule has 2 unspecified atom stereocenters. The minimum atomic E-state index is -5.81. The Morgan fingerprint density at radius 2 is 1.75 bits per heavy atom. The second-order valence-corrected chi connectivity index (χ2v) is 8.10. The van der Waals surface area contributed by atoms with Crippen LogP contribution in [0.5, 0.6) is 0 Å². The molecular weight excluding hydrogens is 466 g/mol. The zero-order valence-electron chi connectivity index (χ0n) is 16.2. The Hall–Kier alpha value is -2.54. The van der Waals surface area contributed by atoms with Gasteiger partial charge in [-0.2, -0.15) is 26.3 Å². The maximum atomic E-state index is 12.6. The van der Waals surface area contributed by atoms with Gasteiger partial charge in [0.2, 0.25) is 0 Å². The number of anilines is 1. The van der Waals surface area contributed by atoms with Crippen LogP contribution in [0.15, 0.2) is 42.5 Å².